The largest absolute Gasteiger partial charge is 0.489 e. The fraction of sp³-hybridized carbons (Fsp3) is 0.533. The van der Waals surface area contributed by atoms with Crippen molar-refractivity contribution >= 4 is 5.91 Å². The Morgan fingerprint density at radius 1 is 1.42 bits per heavy atom. The Morgan fingerprint density at radius 3 is 2.79 bits per heavy atom. The second-order valence-electron chi connectivity index (χ2n) is 4.92. The Kier molecular flexibility index (Phi) is 4.80. The van der Waals surface area contributed by atoms with Gasteiger partial charge in [-0.15, -0.1) is 0 Å². The zero-order valence-corrected chi connectivity index (χ0v) is 11.5. The number of aryl methyl sites for hydroxylation is 1. The Balaban J connectivity index is 1.92. The fourth-order valence-corrected chi connectivity index (χ4v) is 2.39. The van der Waals surface area contributed by atoms with E-state index in [4.69, 9.17) is 10.5 Å². The van der Waals surface area contributed by atoms with Gasteiger partial charge in [0.1, 0.15) is 11.9 Å². The standard InChI is InChI=1S/C15H22N2O2/c1-2-12-5-7-13(8-6-12)19-14-4-3-9-17(11-14)15(18)10-16/h5-8,14H,2-4,9-11,16H2,1H3. The number of hydrogen-bond acceptors (Lipinski definition) is 3. The number of hydrogen-bond donors (Lipinski definition) is 1. The first-order valence-electron chi connectivity index (χ1n) is 6.96. The SMILES string of the molecule is CCc1ccc(OC2CCCN(C(=O)CN)C2)cc1. The van der Waals surface area contributed by atoms with Crippen LogP contribution < -0.4 is 10.5 Å². The molecule has 19 heavy (non-hydrogen) atoms. The van der Waals surface area contributed by atoms with Crippen LogP contribution in [-0.4, -0.2) is 36.5 Å². The van der Waals surface area contributed by atoms with Crippen molar-refractivity contribution in [3.63, 3.8) is 0 Å². The van der Waals surface area contributed by atoms with Gasteiger partial charge in [0, 0.05) is 6.54 Å². The van der Waals surface area contributed by atoms with Crippen molar-refractivity contribution in [1.29, 1.82) is 0 Å². The molecular weight excluding hydrogens is 240 g/mol. The maximum atomic E-state index is 11.6. The molecule has 1 aromatic carbocycles. The van der Waals surface area contributed by atoms with Crippen LogP contribution in [-0.2, 0) is 11.2 Å². The molecular formula is C15H22N2O2. The second-order valence-corrected chi connectivity index (χ2v) is 4.92. The van der Waals surface area contributed by atoms with E-state index >= 15 is 0 Å². The molecule has 4 nitrogen and oxygen atoms in total. The minimum atomic E-state index is 0.00892. The molecule has 0 bridgehead atoms. The summed E-state index contributed by atoms with van der Waals surface area (Å²) in [7, 11) is 0. The summed E-state index contributed by atoms with van der Waals surface area (Å²) in [6.07, 6.45) is 3.08. The second kappa shape index (κ2) is 6.57. The van der Waals surface area contributed by atoms with Crippen molar-refractivity contribution in [1.82, 2.24) is 4.90 Å². The van der Waals surface area contributed by atoms with Gasteiger partial charge in [-0.3, -0.25) is 4.79 Å². The van der Waals surface area contributed by atoms with Crippen LogP contribution in [0.4, 0.5) is 0 Å². The number of rotatable bonds is 4. The summed E-state index contributed by atoms with van der Waals surface area (Å²) in [5.74, 6) is 0.888. The lowest BCUT2D eigenvalue weighted by atomic mass is 10.1. The third-order valence-corrected chi connectivity index (χ3v) is 3.54. The molecule has 1 saturated heterocycles. The molecule has 1 aliphatic rings. The van der Waals surface area contributed by atoms with Gasteiger partial charge in [-0.2, -0.15) is 0 Å². The van der Waals surface area contributed by atoms with Crippen LogP contribution in [0, 0.1) is 0 Å². The number of nitrogens with zero attached hydrogens (tertiary/aromatic N) is 1. The average molecular weight is 262 g/mol. The molecule has 1 aliphatic heterocycles. The van der Waals surface area contributed by atoms with Crippen molar-refractivity contribution < 1.29 is 9.53 Å². The Morgan fingerprint density at radius 2 is 2.16 bits per heavy atom. The van der Waals surface area contributed by atoms with Gasteiger partial charge in [0.05, 0.1) is 13.1 Å². The van der Waals surface area contributed by atoms with Gasteiger partial charge >= 0.3 is 0 Å². The number of benzene rings is 1. The van der Waals surface area contributed by atoms with Gasteiger partial charge < -0.3 is 15.4 Å². The lowest BCUT2D eigenvalue weighted by Crippen LogP contribution is -2.46. The molecule has 1 unspecified atom stereocenters. The highest BCUT2D eigenvalue weighted by atomic mass is 16.5. The summed E-state index contributed by atoms with van der Waals surface area (Å²) < 4.78 is 5.94. The third-order valence-electron chi connectivity index (χ3n) is 3.54. The molecule has 0 aliphatic carbocycles. The van der Waals surface area contributed by atoms with Crippen LogP contribution >= 0.6 is 0 Å². The van der Waals surface area contributed by atoms with E-state index in [1.54, 1.807) is 4.90 Å². The van der Waals surface area contributed by atoms with E-state index in [-0.39, 0.29) is 18.6 Å². The van der Waals surface area contributed by atoms with E-state index < -0.39 is 0 Å². The predicted octanol–water partition coefficient (Wildman–Crippen LogP) is 1.58. The molecule has 4 heteroatoms. The topological polar surface area (TPSA) is 55.6 Å². The minimum Gasteiger partial charge on any atom is -0.489 e. The van der Waals surface area contributed by atoms with E-state index in [0.717, 1.165) is 31.6 Å². The molecule has 2 rings (SSSR count). The molecule has 1 heterocycles. The van der Waals surface area contributed by atoms with E-state index in [0.29, 0.717) is 6.54 Å². The monoisotopic (exact) mass is 262 g/mol. The summed E-state index contributed by atoms with van der Waals surface area (Å²) in [4.78, 5) is 13.4. The van der Waals surface area contributed by atoms with Gasteiger partial charge in [0.15, 0.2) is 0 Å². The first-order valence-corrected chi connectivity index (χ1v) is 6.96. The number of likely N-dealkylation sites (tertiary alicyclic amines) is 1. The normalized spacial score (nSPS) is 19.3. The molecule has 1 aromatic rings. The van der Waals surface area contributed by atoms with Crippen LogP contribution in [0.3, 0.4) is 0 Å². The molecule has 104 valence electrons. The maximum absolute atomic E-state index is 11.6. The average Bonchev–Trinajstić information content (AvgIpc) is 2.47. The predicted molar refractivity (Wildman–Crippen MR) is 75.1 cm³/mol. The number of carbonyl (C=O) groups is 1. The van der Waals surface area contributed by atoms with Crippen LogP contribution in [0.15, 0.2) is 24.3 Å². The van der Waals surface area contributed by atoms with Gasteiger partial charge in [0.2, 0.25) is 5.91 Å². The molecule has 1 fully saturated rings. The maximum Gasteiger partial charge on any atom is 0.236 e. The smallest absolute Gasteiger partial charge is 0.236 e. The van der Waals surface area contributed by atoms with Crippen LogP contribution in [0.5, 0.6) is 5.75 Å². The number of carbonyl (C=O) groups excluding carboxylic acids is 1. The van der Waals surface area contributed by atoms with Crippen molar-refractivity contribution in [3.8, 4) is 5.75 Å². The molecule has 2 N–H and O–H groups in total. The molecule has 1 atom stereocenters. The zero-order valence-electron chi connectivity index (χ0n) is 11.5. The summed E-state index contributed by atoms with van der Waals surface area (Å²) in [6.45, 7) is 3.65. The summed E-state index contributed by atoms with van der Waals surface area (Å²) in [5, 5.41) is 0. The number of nitrogens with two attached hydrogens (primary N) is 1. The van der Waals surface area contributed by atoms with Gasteiger partial charge in [-0.25, -0.2) is 0 Å². The number of piperidine rings is 1. The van der Waals surface area contributed by atoms with Crippen LogP contribution in [0.25, 0.3) is 0 Å². The first-order chi connectivity index (χ1) is 9.22. The summed E-state index contributed by atoms with van der Waals surface area (Å²) in [6, 6.07) is 8.17. The Hall–Kier alpha value is -1.55. The highest BCUT2D eigenvalue weighted by molar-refractivity contribution is 5.78. The van der Waals surface area contributed by atoms with E-state index in [1.807, 2.05) is 12.1 Å². The summed E-state index contributed by atoms with van der Waals surface area (Å²) in [5.41, 5.74) is 6.70. The van der Waals surface area contributed by atoms with E-state index in [1.165, 1.54) is 5.56 Å². The zero-order chi connectivity index (χ0) is 13.7. The molecule has 0 aromatic heterocycles. The Labute approximate surface area is 114 Å². The lowest BCUT2D eigenvalue weighted by Gasteiger charge is -2.32. The van der Waals surface area contributed by atoms with Crippen molar-refractivity contribution in [2.24, 2.45) is 5.73 Å². The van der Waals surface area contributed by atoms with Gasteiger partial charge in [-0.1, -0.05) is 19.1 Å². The molecule has 0 saturated carbocycles. The third kappa shape index (κ3) is 3.70. The van der Waals surface area contributed by atoms with Crippen molar-refractivity contribution in [3.05, 3.63) is 29.8 Å². The molecule has 0 radical (unpaired) electrons. The van der Waals surface area contributed by atoms with Crippen LogP contribution in [0.1, 0.15) is 25.3 Å². The van der Waals surface area contributed by atoms with E-state index in [9.17, 15) is 4.79 Å². The van der Waals surface area contributed by atoms with Gasteiger partial charge in [-0.05, 0) is 37.0 Å². The Bertz CT molecular complexity index is 417. The van der Waals surface area contributed by atoms with E-state index in [2.05, 4.69) is 19.1 Å². The molecule has 1 amide bonds. The van der Waals surface area contributed by atoms with Gasteiger partial charge in [0.25, 0.3) is 0 Å². The summed E-state index contributed by atoms with van der Waals surface area (Å²) >= 11 is 0. The van der Waals surface area contributed by atoms with Crippen molar-refractivity contribution in [2.45, 2.75) is 32.3 Å². The number of ether oxygens (including phenoxy) is 1. The quantitative estimate of drug-likeness (QED) is 0.896. The first kappa shape index (κ1) is 13.9. The fourth-order valence-electron chi connectivity index (χ4n) is 2.39. The highest BCUT2D eigenvalue weighted by Crippen LogP contribution is 2.19. The number of amides is 1. The van der Waals surface area contributed by atoms with Crippen molar-refractivity contribution in [2.75, 3.05) is 19.6 Å². The highest BCUT2D eigenvalue weighted by Gasteiger charge is 2.23. The molecule has 0 spiro atoms. The van der Waals surface area contributed by atoms with Crippen LogP contribution in [0.2, 0.25) is 0 Å². The lowest BCUT2D eigenvalue weighted by molar-refractivity contribution is -0.132. The minimum absolute atomic E-state index is 0.00892.